The number of alkyl halides is 3. The van der Waals surface area contributed by atoms with Crippen molar-refractivity contribution in [3.63, 3.8) is 0 Å². The van der Waals surface area contributed by atoms with Gasteiger partial charge < -0.3 is 5.21 Å². The summed E-state index contributed by atoms with van der Waals surface area (Å²) in [5.74, 6) is -0.386. The normalized spacial score (nSPS) is 23.2. The van der Waals surface area contributed by atoms with Crippen molar-refractivity contribution in [2.24, 2.45) is 5.16 Å². The molecule has 1 aliphatic rings. The van der Waals surface area contributed by atoms with E-state index in [1.165, 1.54) is 12.1 Å². The Bertz CT molecular complexity index is 425. The molecule has 0 unspecified atom stereocenters. The molecule has 2 rings (SSSR count). The summed E-state index contributed by atoms with van der Waals surface area (Å²) in [7, 11) is 0. The Balaban J connectivity index is 2.42. The van der Waals surface area contributed by atoms with E-state index in [4.69, 9.17) is 5.21 Å². The van der Waals surface area contributed by atoms with E-state index in [2.05, 4.69) is 5.16 Å². The molecule has 1 N–H and O–H groups in total. The number of benzene rings is 1. The van der Waals surface area contributed by atoms with Crippen LogP contribution in [0, 0.1) is 0 Å². The average Bonchev–Trinajstić information content (AvgIpc) is 2.16. The van der Waals surface area contributed by atoms with Crippen molar-refractivity contribution >= 4 is 5.71 Å². The lowest BCUT2D eigenvalue weighted by atomic mass is 9.76. The minimum absolute atomic E-state index is 0.203. The highest BCUT2D eigenvalue weighted by molar-refractivity contribution is 5.96. The van der Waals surface area contributed by atoms with Gasteiger partial charge in [0.15, 0.2) is 0 Å². The Labute approximate surface area is 90.4 Å². The Kier molecular flexibility index (Phi) is 2.61. The standard InChI is InChI=1S/C11H10F3NO/c12-11(13,14)9-4-2-1-3-7(9)8-5-6-10(8)15-16/h1-4,8,16H,5-6H2/t8-/m0/s1. The Morgan fingerprint density at radius 3 is 2.44 bits per heavy atom. The van der Waals surface area contributed by atoms with Gasteiger partial charge in [0.05, 0.1) is 11.3 Å². The van der Waals surface area contributed by atoms with Crippen LogP contribution in [-0.2, 0) is 6.18 Å². The molecule has 0 amide bonds. The van der Waals surface area contributed by atoms with Crippen LogP contribution in [0.25, 0.3) is 0 Å². The highest BCUT2D eigenvalue weighted by Crippen LogP contribution is 2.41. The molecule has 16 heavy (non-hydrogen) atoms. The van der Waals surface area contributed by atoms with Crippen molar-refractivity contribution in [3.05, 3.63) is 35.4 Å². The van der Waals surface area contributed by atoms with Crippen LogP contribution in [-0.4, -0.2) is 10.9 Å². The van der Waals surface area contributed by atoms with E-state index in [0.717, 1.165) is 6.07 Å². The molecule has 5 heteroatoms. The first-order valence-electron chi connectivity index (χ1n) is 4.91. The molecule has 1 atom stereocenters. The fourth-order valence-electron chi connectivity index (χ4n) is 1.93. The molecule has 0 aromatic heterocycles. The van der Waals surface area contributed by atoms with Crippen LogP contribution < -0.4 is 0 Å². The number of nitrogens with zero attached hydrogens (tertiary/aromatic N) is 1. The average molecular weight is 229 g/mol. The van der Waals surface area contributed by atoms with Crippen molar-refractivity contribution in [1.82, 2.24) is 0 Å². The Morgan fingerprint density at radius 2 is 1.94 bits per heavy atom. The third kappa shape index (κ3) is 1.77. The van der Waals surface area contributed by atoms with Crippen LogP contribution in [0.4, 0.5) is 13.2 Å². The van der Waals surface area contributed by atoms with Crippen molar-refractivity contribution in [2.45, 2.75) is 24.9 Å². The van der Waals surface area contributed by atoms with E-state index in [-0.39, 0.29) is 11.5 Å². The summed E-state index contributed by atoms with van der Waals surface area (Å²) in [6.07, 6.45) is -3.19. The molecule has 0 bridgehead atoms. The maximum Gasteiger partial charge on any atom is 0.416 e. The molecule has 1 saturated carbocycles. The van der Waals surface area contributed by atoms with E-state index >= 15 is 0 Å². The van der Waals surface area contributed by atoms with Crippen molar-refractivity contribution in [1.29, 1.82) is 0 Å². The molecule has 1 aromatic carbocycles. The first-order chi connectivity index (χ1) is 7.54. The van der Waals surface area contributed by atoms with Crippen LogP contribution in [0.5, 0.6) is 0 Å². The predicted octanol–water partition coefficient (Wildman–Crippen LogP) is 3.41. The number of hydrogen-bond donors (Lipinski definition) is 1. The van der Waals surface area contributed by atoms with Gasteiger partial charge in [0.25, 0.3) is 0 Å². The second-order valence-electron chi connectivity index (χ2n) is 3.77. The molecule has 0 spiro atoms. The van der Waals surface area contributed by atoms with Crippen LogP contribution >= 0.6 is 0 Å². The van der Waals surface area contributed by atoms with E-state index in [1.807, 2.05) is 0 Å². The Morgan fingerprint density at radius 1 is 1.25 bits per heavy atom. The maximum absolute atomic E-state index is 12.7. The van der Waals surface area contributed by atoms with Gasteiger partial charge in [-0.3, -0.25) is 0 Å². The van der Waals surface area contributed by atoms with Crippen molar-refractivity contribution in [2.75, 3.05) is 0 Å². The summed E-state index contributed by atoms with van der Waals surface area (Å²) in [6, 6.07) is 5.43. The van der Waals surface area contributed by atoms with Crippen molar-refractivity contribution in [3.8, 4) is 0 Å². The van der Waals surface area contributed by atoms with Gasteiger partial charge in [-0.05, 0) is 24.5 Å². The zero-order valence-corrected chi connectivity index (χ0v) is 8.33. The quantitative estimate of drug-likeness (QED) is 0.580. The van der Waals surface area contributed by atoms with Gasteiger partial charge in [-0.15, -0.1) is 0 Å². The summed E-state index contributed by atoms with van der Waals surface area (Å²) >= 11 is 0. The maximum atomic E-state index is 12.7. The predicted molar refractivity (Wildman–Crippen MR) is 52.6 cm³/mol. The third-order valence-electron chi connectivity index (χ3n) is 2.86. The molecule has 0 aliphatic heterocycles. The molecule has 0 saturated heterocycles. The van der Waals surface area contributed by atoms with Gasteiger partial charge in [0.2, 0.25) is 0 Å². The monoisotopic (exact) mass is 229 g/mol. The summed E-state index contributed by atoms with van der Waals surface area (Å²) < 4.78 is 38.1. The molecule has 86 valence electrons. The van der Waals surface area contributed by atoms with Gasteiger partial charge in [-0.25, -0.2) is 0 Å². The van der Waals surface area contributed by atoms with E-state index in [0.29, 0.717) is 18.6 Å². The second kappa shape index (κ2) is 3.81. The van der Waals surface area contributed by atoms with Crippen LogP contribution in [0.1, 0.15) is 29.9 Å². The van der Waals surface area contributed by atoms with Crippen LogP contribution in [0.3, 0.4) is 0 Å². The van der Waals surface area contributed by atoms with Crippen LogP contribution in [0.15, 0.2) is 29.4 Å². The summed E-state index contributed by atoms with van der Waals surface area (Å²) in [5.41, 5.74) is -0.00778. The summed E-state index contributed by atoms with van der Waals surface area (Å²) in [5, 5.41) is 11.6. The topological polar surface area (TPSA) is 32.6 Å². The molecule has 1 fully saturated rings. The zero-order chi connectivity index (χ0) is 11.8. The number of hydrogen-bond acceptors (Lipinski definition) is 2. The van der Waals surface area contributed by atoms with Crippen molar-refractivity contribution < 1.29 is 18.4 Å². The van der Waals surface area contributed by atoms with Gasteiger partial charge in [-0.2, -0.15) is 13.2 Å². The fraction of sp³-hybridized carbons (Fsp3) is 0.364. The highest BCUT2D eigenvalue weighted by atomic mass is 19.4. The molecule has 2 nitrogen and oxygen atoms in total. The molecular formula is C11H10F3NO. The van der Waals surface area contributed by atoms with Gasteiger partial charge in [0.1, 0.15) is 0 Å². The SMILES string of the molecule is ON=C1CC[C@H]1c1ccccc1C(F)(F)F. The van der Waals surface area contributed by atoms with Gasteiger partial charge in [-0.1, -0.05) is 23.4 Å². The molecule has 1 aromatic rings. The first-order valence-corrected chi connectivity index (χ1v) is 4.91. The number of halogens is 3. The number of rotatable bonds is 1. The van der Waals surface area contributed by atoms with E-state index in [1.54, 1.807) is 6.07 Å². The fourth-order valence-corrected chi connectivity index (χ4v) is 1.93. The third-order valence-corrected chi connectivity index (χ3v) is 2.86. The smallest absolute Gasteiger partial charge is 0.411 e. The van der Waals surface area contributed by atoms with Gasteiger partial charge in [0, 0.05) is 5.92 Å². The number of oxime groups is 1. The molecule has 1 aliphatic carbocycles. The minimum Gasteiger partial charge on any atom is -0.411 e. The zero-order valence-electron chi connectivity index (χ0n) is 8.33. The molecule has 0 heterocycles. The van der Waals surface area contributed by atoms with E-state index in [9.17, 15) is 13.2 Å². The second-order valence-corrected chi connectivity index (χ2v) is 3.77. The largest absolute Gasteiger partial charge is 0.416 e. The molecular weight excluding hydrogens is 219 g/mol. The lowest BCUT2D eigenvalue weighted by Gasteiger charge is -2.29. The molecule has 0 radical (unpaired) electrons. The Hall–Kier alpha value is -1.52. The first kappa shape index (κ1) is 11.0. The lowest BCUT2D eigenvalue weighted by Crippen LogP contribution is -2.26. The van der Waals surface area contributed by atoms with Gasteiger partial charge >= 0.3 is 6.18 Å². The lowest BCUT2D eigenvalue weighted by molar-refractivity contribution is -0.138. The summed E-state index contributed by atoms with van der Waals surface area (Å²) in [6.45, 7) is 0. The highest BCUT2D eigenvalue weighted by Gasteiger charge is 2.38. The summed E-state index contributed by atoms with van der Waals surface area (Å²) in [4.78, 5) is 0. The van der Waals surface area contributed by atoms with Crippen LogP contribution in [0.2, 0.25) is 0 Å². The minimum atomic E-state index is -4.35. The van der Waals surface area contributed by atoms with E-state index < -0.39 is 11.7 Å².